The Morgan fingerprint density at radius 3 is 3.05 bits per heavy atom. The zero-order valence-electron chi connectivity index (χ0n) is 10.9. The number of nitrogens with one attached hydrogen (secondary N) is 2. The van der Waals surface area contributed by atoms with Gasteiger partial charge in [-0.05, 0) is 26.2 Å². The Balaban J connectivity index is 2.00. The lowest BCUT2D eigenvalue weighted by Gasteiger charge is -2.17. The van der Waals surface area contributed by atoms with Crippen molar-refractivity contribution in [1.82, 2.24) is 24.8 Å². The van der Waals surface area contributed by atoms with Crippen LogP contribution in [0.3, 0.4) is 0 Å². The Bertz CT molecular complexity index is 585. The first-order valence-corrected chi connectivity index (χ1v) is 6.58. The maximum Gasteiger partial charge on any atom is 0.243 e. The van der Waals surface area contributed by atoms with Crippen LogP contribution in [0.25, 0.3) is 11.5 Å². The largest absolute Gasteiger partial charge is 0.354 e. The number of carbonyl (C=O) groups excluding carboxylic acids is 1. The topological polar surface area (TPSA) is 75.6 Å². The minimum Gasteiger partial charge on any atom is -0.354 e. The second-order valence-electron chi connectivity index (χ2n) is 4.84. The molecule has 1 atom stereocenters. The number of hydrogen-bond donors (Lipinski definition) is 2. The first-order chi connectivity index (χ1) is 9.27. The minimum absolute atomic E-state index is 0.0740. The second-order valence-corrected chi connectivity index (χ2v) is 4.84. The van der Waals surface area contributed by atoms with Gasteiger partial charge < -0.3 is 14.9 Å². The highest BCUT2D eigenvalue weighted by Crippen LogP contribution is 2.25. The van der Waals surface area contributed by atoms with E-state index < -0.39 is 0 Å². The van der Waals surface area contributed by atoms with Gasteiger partial charge in [-0.3, -0.25) is 4.79 Å². The van der Waals surface area contributed by atoms with Crippen LogP contribution in [0.15, 0.2) is 18.7 Å². The maximum absolute atomic E-state index is 12.1. The first kappa shape index (κ1) is 12.0. The predicted molar refractivity (Wildman–Crippen MR) is 70.4 cm³/mol. The molecule has 6 heteroatoms. The second kappa shape index (κ2) is 4.87. The van der Waals surface area contributed by atoms with Crippen LogP contribution < -0.4 is 5.32 Å². The van der Waals surface area contributed by atoms with E-state index >= 15 is 0 Å². The van der Waals surface area contributed by atoms with E-state index in [9.17, 15) is 4.79 Å². The van der Waals surface area contributed by atoms with Gasteiger partial charge in [0.25, 0.3) is 0 Å². The van der Waals surface area contributed by atoms with Crippen molar-refractivity contribution in [3.05, 3.63) is 24.4 Å². The van der Waals surface area contributed by atoms with Crippen molar-refractivity contribution < 1.29 is 4.79 Å². The van der Waals surface area contributed by atoms with Crippen LogP contribution in [-0.4, -0.2) is 32.0 Å². The Labute approximate surface area is 111 Å². The smallest absolute Gasteiger partial charge is 0.243 e. The standard InChI is InChI=1S/C13H17N5O/c1-9-11(17-8-16-9)12-14-6-7-18(12)10-4-2-3-5-15-13(10)19/h6-8,10H,2-5H2,1H3,(H,15,19)(H,16,17)/t10-/m1/s1. The number of nitrogens with zero attached hydrogens (tertiary/aromatic N) is 3. The van der Waals surface area contributed by atoms with E-state index in [-0.39, 0.29) is 11.9 Å². The summed E-state index contributed by atoms with van der Waals surface area (Å²) < 4.78 is 1.93. The predicted octanol–water partition coefficient (Wildman–Crippen LogP) is 1.42. The van der Waals surface area contributed by atoms with Crippen LogP contribution in [0.1, 0.15) is 31.0 Å². The Morgan fingerprint density at radius 2 is 2.26 bits per heavy atom. The average molecular weight is 259 g/mol. The normalized spacial score (nSPS) is 20.1. The number of aromatic nitrogens is 4. The van der Waals surface area contributed by atoms with Crippen molar-refractivity contribution in [2.75, 3.05) is 6.54 Å². The molecule has 1 saturated heterocycles. The maximum atomic E-state index is 12.1. The molecule has 1 amide bonds. The van der Waals surface area contributed by atoms with Crippen molar-refractivity contribution in [3.63, 3.8) is 0 Å². The van der Waals surface area contributed by atoms with Gasteiger partial charge in [-0.2, -0.15) is 0 Å². The molecule has 100 valence electrons. The van der Waals surface area contributed by atoms with Crippen molar-refractivity contribution in [1.29, 1.82) is 0 Å². The van der Waals surface area contributed by atoms with Gasteiger partial charge >= 0.3 is 0 Å². The lowest BCUT2D eigenvalue weighted by Crippen LogP contribution is -2.31. The molecule has 0 saturated carbocycles. The quantitative estimate of drug-likeness (QED) is 0.856. The summed E-state index contributed by atoms with van der Waals surface area (Å²) in [5.74, 6) is 0.825. The molecule has 0 aliphatic carbocycles. The number of rotatable bonds is 2. The Kier molecular flexibility index (Phi) is 3.06. The summed E-state index contributed by atoms with van der Waals surface area (Å²) in [5, 5.41) is 2.95. The summed E-state index contributed by atoms with van der Waals surface area (Å²) in [5.41, 5.74) is 1.77. The minimum atomic E-state index is -0.184. The highest BCUT2D eigenvalue weighted by atomic mass is 16.2. The molecule has 0 radical (unpaired) electrons. The summed E-state index contributed by atoms with van der Waals surface area (Å²) >= 11 is 0. The summed E-state index contributed by atoms with van der Waals surface area (Å²) in [7, 11) is 0. The number of carbonyl (C=O) groups is 1. The zero-order chi connectivity index (χ0) is 13.2. The van der Waals surface area contributed by atoms with Gasteiger partial charge in [0.05, 0.1) is 6.33 Å². The fourth-order valence-electron chi connectivity index (χ4n) is 2.52. The molecule has 0 spiro atoms. The molecule has 1 aliphatic rings. The van der Waals surface area contributed by atoms with Crippen LogP contribution in [0.5, 0.6) is 0 Å². The highest BCUT2D eigenvalue weighted by Gasteiger charge is 2.25. The molecule has 2 aromatic rings. The number of aromatic amines is 1. The van der Waals surface area contributed by atoms with Crippen molar-refractivity contribution in [3.8, 4) is 11.5 Å². The van der Waals surface area contributed by atoms with E-state index in [4.69, 9.17) is 0 Å². The number of amides is 1. The molecule has 0 aromatic carbocycles. The Hall–Kier alpha value is -2.11. The third kappa shape index (κ3) is 2.14. The summed E-state index contributed by atoms with van der Waals surface area (Å²) in [6, 6.07) is -0.184. The number of H-pyrrole nitrogens is 1. The Morgan fingerprint density at radius 1 is 1.37 bits per heavy atom. The number of hydrogen-bond acceptors (Lipinski definition) is 3. The van der Waals surface area contributed by atoms with Gasteiger partial charge in [0.1, 0.15) is 11.7 Å². The summed E-state index contributed by atoms with van der Waals surface area (Å²) in [6.45, 7) is 2.72. The van der Waals surface area contributed by atoms with Crippen molar-refractivity contribution >= 4 is 5.91 Å². The number of imidazole rings is 2. The first-order valence-electron chi connectivity index (χ1n) is 6.58. The summed E-state index contributed by atoms with van der Waals surface area (Å²) in [6.07, 6.45) is 8.16. The molecule has 1 fully saturated rings. The van der Waals surface area contributed by atoms with Gasteiger partial charge in [-0.25, -0.2) is 9.97 Å². The highest BCUT2D eigenvalue weighted by molar-refractivity contribution is 5.81. The third-order valence-electron chi connectivity index (χ3n) is 3.55. The van der Waals surface area contributed by atoms with E-state index in [0.717, 1.165) is 43.0 Å². The molecule has 1 aliphatic heterocycles. The zero-order valence-corrected chi connectivity index (χ0v) is 10.9. The fourth-order valence-corrected chi connectivity index (χ4v) is 2.52. The van der Waals surface area contributed by atoms with Gasteiger partial charge in [0.15, 0.2) is 5.82 Å². The molecular weight excluding hydrogens is 242 g/mol. The van der Waals surface area contributed by atoms with Gasteiger partial charge in [-0.15, -0.1) is 0 Å². The van der Waals surface area contributed by atoms with Gasteiger partial charge in [0, 0.05) is 24.6 Å². The lowest BCUT2D eigenvalue weighted by molar-refractivity contribution is -0.124. The van der Waals surface area contributed by atoms with E-state index in [2.05, 4.69) is 20.3 Å². The monoisotopic (exact) mass is 259 g/mol. The molecule has 6 nitrogen and oxygen atoms in total. The molecule has 3 heterocycles. The van der Waals surface area contributed by atoms with E-state index in [1.165, 1.54) is 0 Å². The molecule has 0 unspecified atom stereocenters. The van der Waals surface area contributed by atoms with E-state index in [1.807, 2.05) is 17.7 Å². The van der Waals surface area contributed by atoms with E-state index in [1.54, 1.807) is 12.5 Å². The number of aryl methyl sites for hydroxylation is 1. The molecular formula is C13H17N5O. The molecule has 0 bridgehead atoms. The van der Waals surface area contributed by atoms with Crippen LogP contribution in [-0.2, 0) is 4.79 Å². The fraction of sp³-hybridized carbons (Fsp3) is 0.462. The molecule has 19 heavy (non-hydrogen) atoms. The van der Waals surface area contributed by atoms with Gasteiger partial charge in [-0.1, -0.05) is 0 Å². The van der Waals surface area contributed by atoms with Crippen LogP contribution >= 0.6 is 0 Å². The van der Waals surface area contributed by atoms with Crippen molar-refractivity contribution in [2.45, 2.75) is 32.2 Å². The van der Waals surface area contributed by atoms with Crippen LogP contribution in [0.2, 0.25) is 0 Å². The van der Waals surface area contributed by atoms with Crippen LogP contribution in [0, 0.1) is 6.92 Å². The van der Waals surface area contributed by atoms with Gasteiger partial charge in [0.2, 0.25) is 5.91 Å². The molecule has 2 N–H and O–H groups in total. The average Bonchev–Trinajstić information content (AvgIpc) is 2.97. The third-order valence-corrected chi connectivity index (χ3v) is 3.55. The lowest BCUT2D eigenvalue weighted by atomic mass is 10.1. The van der Waals surface area contributed by atoms with Crippen LogP contribution in [0.4, 0.5) is 0 Å². The SMILES string of the molecule is Cc1[nH]cnc1-c1nccn1[C@@H]1CCCCNC1=O. The van der Waals surface area contributed by atoms with Crippen molar-refractivity contribution in [2.24, 2.45) is 0 Å². The molecule has 3 rings (SSSR count). The molecule has 2 aromatic heterocycles. The van der Waals surface area contributed by atoms with E-state index in [0.29, 0.717) is 0 Å². The summed E-state index contributed by atoms with van der Waals surface area (Å²) in [4.78, 5) is 23.8.